The molecule has 0 radical (unpaired) electrons. The molecule has 0 aliphatic carbocycles. The third-order valence-corrected chi connectivity index (χ3v) is 7.37. The van der Waals surface area contributed by atoms with Gasteiger partial charge in [0, 0.05) is 17.1 Å². The molecule has 0 saturated heterocycles. The summed E-state index contributed by atoms with van der Waals surface area (Å²) in [5.74, 6) is -0.478. The zero-order chi connectivity index (χ0) is 26.3. The van der Waals surface area contributed by atoms with Crippen LogP contribution in [0.1, 0.15) is 38.3 Å². The number of anilines is 1. The molecule has 0 fully saturated rings. The first kappa shape index (κ1) is 28.6. The minimum absolute atomic E-state index is 0.0568. The SMILES string of the molecule is CC[C@@H](C)NC(=O)[C@H](C)N(Cc1ccc(Br)cc1)C(=O)CN(c1cc(C)ccc1OC)S(C)(=O)=O. The average molecular weight is 569 g/mol. The van der Waals surface area contributed by atoms with E-state index >= 15 is 0 Å². The van der Waals surface area contributed by atoms with E-state index in [1.807, 2.05) is 45.0 Å². The maximum atomic E-state index is 13.6. The van der Waals surface area contributed by atoms with Crippen LogP contribution in [0.25, 0.3) is 0 Å². The van der Waals surface area contributed by atoms with E-state index in [1.54, 1.807) is 25.1 Å². The van der Waals surface area contributed by atoms with Crippen molar-refractivity contribution < 1.29 is 22.7 Å². The highest BCUT2D eigenvalue weighted by Gasteiger charge is 2.31. The van der Waals surface area contributed by atoms with E-state index in [2.05, 4.69) is 21.2 Å². The molecule has 2 atom stereocenters. The Labute approximate surface area is 216 Å². The summed E-state index contributed by atoms with van der Waals surface area (Å²) in [5, 5.41) is 2.91. The molecule has 0 aromatic heterocycles. The first-order valence-electron chi connectivity index (χ1n) is 11.3. The predicted octanol–water partition coefficient (Wildman–Crippen LogP) is 3.86. The molecule has 192 valence electrons. The molecule has 8 nitrogen and oxygen atoms in total. The highest BCUT2D eigenvalue weighted by Crippen LogP contribution is 2.31. The number of hydrogen-bond donors (Lipinski definition) is 1. The zero-order valence-electron chi connectivity index (χ0n) is 21.0. The second kappa shape index (κ2) is 12.4. The standard InChI is InChI=1S/C25H34BrN3O5S/c1-7-18(3)27-25(31)19(4)28(15-20-9-11-21(26)12-10-20)24(30)16-29(35(6,32)33)22-14-17(2)8-13-23(22)34-5/h8-14,18-19H,7,15-16H2,1-6H3,(H,27,31)/t18-,19+/m1/s1. The number of amides is 2. The smallest absolute Gasteiger partial charge is 0.244 e. The number of ether oxygens (including phenoxy) is 1. The topological polar surface area (TPSA) is 96.0 Å². The van der Waals surface area contributed by atoms with Crippen LogP contribution in [0.4, 0.5) is 5.69 Å². The number of halogens is 1. The Bertz CT molecular complexity index is 1140. The summed E-state index contributed by atoms with van der Waals surface area (Å²) < 4.78 is 32.8. The molecule has 0 spiro atoms. The molecule has 2 aromatic rings. The average Bonchev–Trinajstić information content (AvgIpc) is 2.80. The summed E-state index contributed by atoms with van der Waals surface area (Å²) >= 11 is 3.40. The first-order chi connectivity index (χ1) is 16.4. The van der Waals surface area contributed by atoms with Gasteiger partial charge < -0.3 is 15.0 Å². The number of methoxy groups -OCH3 is 1. The van der Waals surface area contributed by atoms with Crippen LogP contribution in [0, 0.1) is 6.92 Å². The molecule has 1 N–H and O–H groups in total. The lowest BCUT2D eigenvalue weighted by Gasteiger charge is -2.32. The quantitative estimate of drug-likeness (QED) is 0.444. The Morgan fingerprint density at radius 3 is 2.29 bits per heavy atom. The van der Waals surface area contributed by atoms with Gasteiger partial charge in [-0.1, -0.05) is 41.1 Å². The van der Waals surface area contributed by atoms with Crippen LogP contribution in [-0.4, -0.2) is 57.1 Å². The predicted molar refractivity (Wildman–Crippen MR) is 142 cm³/mol. The molecule has 0 heterocycles. The Kier molecular flexibility index (Phi) is 10.1. The maximum Gasteiger partial charge on any atom is 0.244 e. The van der Waals surface area contributed by atoms with Crippen LogP contribution in [0.15, 0.2) is 46.9 Å². The van der Waals surface area contributed by atoms with Crippen LogP contribution in [-0.2, 0) is 26.2 Å². The van der Waals surface area contributed by atoms with Crippen molar-refractivity contribution in [2.24, 2.45) is 0 Å². The number of carbonyl (C=O) groups excluding carboxylic acids is 2. The van der Waals surface area contributed by atoms with Crippen LogP contribution in [0.2, 0.25) is 0 Å². The molecule has 2 rings (SSSR count). The molecule has 2 amide bonds. The fourth-order valence-electron chi connectivity index (χ4n) is 3.42. The van der Waals surface area contributed by atoms with Crippen molar-refractivity contribution in [3.63, 3.8) is 0 Å². The van der Waals surface area contributed by atoms with Crippen molar-refractivity contribution >= 4 is 43.5 Å². The number of benzene rings is 2. The summed E-state index contributed by atoms with van der Waals surface area (Å²) in [6, 6.07) is 11.6. The molecular weight excluding hydrogens is 534 g/mol. The number of sulfonamides is 1. The fraction of sp³-hybridized carbons (Fsp3) is 0.440. The highest BCUT2D eigenvalue weighted by molar-refractivity contribution is 9.10. The fourth-order valence-corrected chi connectivity index (χ4v) is 4.53. The Hall–Kier alpha value is -2.59. The van der Waals surface area contributed by atoms with E-state index in [9.17, 15) is 18.0 Å². The van der Waals surface area contributed by atoms with E-state index in [-0.39, 0.29) is 24.2 Å². The van der Waals surface area contributed by atoms with Crippen molar-refractivity contribution in [1.29, 1.82) is 0 Å². The van der Waals surface area contributed by atoms with Gasteiger partial charge in [-0.05, 0) is 62.6 Å². The first-order valence-corrected chi connectivity index (χ1v) is 14.0. The number of nitrogens with zero attached hydrogens (tertiary/aromatic N) is 2. The van der Waals surface area contributed by atoms with Gasteiger partial charge >= 0.3 is 0 Å². The molecule has 35 heavy (non-hydrogen) atoms. The minimum atomic E-state index is -3.84. The molecular formula is C25H34BrN3O5S. The van der Waals surface area contributed by atoms with Crippen molar-refractivity contribution in [2.75, 3.05) is 24.2 Å². The lowest BCUT2D eigenvalue weighted by molar-refractivity contribution is -0.139. The Balaban J connectivity index is 2.45. The molecule has 0 aliphatic heterocycles. The zero-order valence-corrected chi connectivity index (χ0v) is 23.4. The number of nitrogens with one attached hydrogen (secondary N) is 1. The monoisotopic (exact) mass is 567 g/mol. The molecule has 10 heteroatoms. The van der Waals surface area contributed by atoms with Gasteiger partial charge in [0.1, 0.15) is 18.3 Å². The van der Waals surface area contributed by atoms with E-state index in [4.69, 9.17) is 4.74 Å². The van der Waals surface area contributed by atoms with Gasteiger partial charge in [-0.15, -0.1) is 0 Å². The van der Waals surface area contributed by atoms with Crippen molar-refractivity contribution in [1.82, 2.24) is 10.2 Å². The molecule has 2 aromatic carbocycles. The van der Waals surface area contributed by atoms with Crippen LogP contribution in [0.5, 0.6) is 5.75 Å². The van der Waals surface area contributed by atoms with E-state index in [0.717, 1.165) is 32.6 Å². The van der Waals surface area contributed by atoms with Gasteiger partial charge in [0.25, 0.3) is 0 Å². The van der Waals surface area contributed by atoms with E-state index < -0.39 is 28.5 Å². The number of hydrogen-bond acceptors (Lipinski definition) is 5. The summed E-state index contributed by atoms with van der Waals surface area (Å²) in [6.07, 6.45) is 1.79. The van der Waals surface area contributed by atoms with Gasteiger partial charge in [0.15, 0.2) is 0 Å². The normalized spacial score (nSPS) is 13.0. The van der Waals surface area contributed by atoms with Crippen LogP contribution < -0.4 is 14.4 Å². The van der Waals surface area contributed by atoms with Gasteiger partial charge in [-0.25, -0.2) is 8.42 Å². The lowest BCUT2D eigenvalue weighted by Crippen LogP contribution is -2.52. The number of carbonyl (C=O) groups is 2. The van der Waals surface area contributed by atoms with Crippen LogP contribution >= 0.6 is 15.9 Å². The van der Waals surface area contributed by atoms with E-state index in [1.165, 1.54) is 12.0 Å². The van der Waals surface area contributed by atoms with Gasteiger partial charge in [0.05, 0.1) is 19.1 Å². The van der Waals surface area contributed by atoms with Crippen LogP contribution in [0.3, 0.4) is 0 Å². The van der Waals surface area contributed by atoms with Crippen molar-refractivity contribution in [2.45, 2.75) is 52.7 Å². The van der Waals surface area contributed by atoms with Gasteiger partial charge in [-0.2, -0.15) is 0 Å². The van der Waals surface area contributed by atoms with E-state index in [0.29, 0.717) is 5.75 Å². The Morgan fingerprint density at radius 1 is 1.11 bits per heavy atom. The second-order valence-corrected chi connectivity index (χ2v) is 11.4. The molecule has 0 aliphatic rings. The minimum Gasteiger partial charge on any atom is -0.495 e. The lowest BCUT2D eigenvalue weighted by atomic mass is 10.1. The molecule has 0 saturated carbocycles. The third-order valence-electron chi connectivity index (χ3n) is 5.72. The Morgan fingerprint density at radius 2 is 1.74 bits per heavy atom. The summed E-state index contributed by atoms with van der Waals surface area (Å²) in [7, 11) is -2.40. The number of aryl methyl sites for hydroxylation is 1. The largest absolute Gasteiger partial charge is 0.495 e. The number of rotatable bonds is 11. The maximum absolute atomic E-state index is 13.6. The van der Waals surface area contributed by atoms with Crippen molar-refractivity contribution in [3.8, 4) is 5.75 Å². The van der Waals surface area contributed by atoms with Crippen molar-refractivity contribution in [3.05, 3.63) is 58.1 Å². The summed E-state index contributed by atoms with van der Waals surface area (Å²) in [5.41, 5.74) is 1.89. The third kappa shape index (κ3) is 7.96. The summed E-state index contributed by atoms with van der Waals surface area (Å²) in [4.78, 5) is 28.0. The molecule has 0 unspecified atom stereocenters. The second-order valence-electron chi connectivity index (χ2n) is 8.59. The molecule has 0 bridgehead atoms. The highest BCUT2D eigenvalue weighted by atomic mass is 79.9. The summed E-state index contributed by atoms with van der Waals surface area (Å²) in [6.45, 7) is 6.99. The van der Waals surface area contributed by atoms with Gasteiger partial charge in [-0.3, -0.25) is 13.9 Å². The van der Waals surface area contributed by atoms with Gasteiger partial charge in [0.2, 0.25) is 21.8 Å².